The van der Waals surface area contributed by atoms with Crippen molar-refractivity contribution < 1.29 is 4.79 Å². The fourth-order valence-corrected chi connectivity index (χ4v) is 3.27. The molecule has 7 heteroatoms. The summed E-state index contributed by atoms with van der Waals surface area (Å²) < 4.78 is 0. The van der Waals surface area contributed by atoms with Gasteiger partial charge in [-0.2, -0.15) is 0 Å². The summed E-state index contributed by atoms with van der Waals surface area (Å²) in [4.78, 5) is 39.7. The Hall–Kier alpha value is -2.96. The lowest BCUT2D eigenvalue weighted by molar-refractivity contribution is -0.130. The minimum absolute atomic E-state index is 0.0709. The number of aryl methyl sites for hydroxylation is 1. The lowest BCUT2D eigenvalue weighted by atomic mass is 10.0. The van der Waals surface area contributed by atoms with Crippen molar-refractivity contribution in [2.24, 2.45) is 0 Å². The van der Waals surface area contributed by atoms with E-state index in [0.29, 0.717) is 18.8 Å². The molecule has 0 radical (unpaired) electrons. The molecule has 27 heavy (non-hydrogen) atoms. The van der Waals surface area contributed by atoms with Gasteiger partial charge in [-0.1, -0.05) is 20.4 Å². The van der Waals surface area contributed by atoms with E-state index in [0.717, 1.165) is 36.5 Å². The molecule has 0 aliphatic carbocycles. The van der Waals surface area contributed by atoms with Gasteiger partial charge >= 0.3 is 0 Å². The molecule has 1 N–H and O–H groups in total. The lowest BCUT2D eigenvalue weighted by Gasteiger charge is -2.45. The summed E-state index contributed by atoms with van der Waals surface area (Å²) in [5, 5.41) is 0. The molecule has 7 nitrogen and oxygen atoms in total. The summed E-state index contributed by atoms with van der Waals surface area (Å²) in [5.74, 6) is 0.696. The first-order valence-electron chi connectivity index (χ1n) is 9.30. The SMILES string of the molecule is C=CC(=O)N1CC(N(CCC)c2cc(-c3ccnc(CC)n3)c[nH]c2=O)C1. The molecule has 0 bridgehead atoms. The van der Waals surface area contributed by atoms with Crippen molar-refractivity contribution in [2.75, 3.05) is 24.5 Å². The number of hydrogen-bond donors (Lipinski definition) is 1. The van der Waals surface area contributed by atoms with Gasteiger partial charge in [0.05, 0.1) is 11.7 Å². The van der Waals surface area contributed by atoms with Gasteiger partial charge in [-0.25, -0.2) is 9.97 Å². The third-order valence-electron chi connectivity index (χ3n) is 4.76. The summed E-state index contributed by atoms with van der Waals surface area (Å²) >= 11 is 0. The smallest absolute Gasteiger partial charge is 0.271 e. The monoisotopic (exact) mass is 367 g/mol. The average Bonchev–Trinajstić information content (AvgIpc) is 2.66. The van der Waals surface area contributed by atoms with E-state index < -0.39 is 0 Å². The number of amides is 1. The Morgan fingerprint density at radius 1 is 1.44 bits per heavy atom. The molecule has 0 spiro atoms. The van der Waals surface area contributed by atoms with Crippen LogP contribution in [0.2, 0.25) is 0 Å². The van der Waals surface area contributed by atoms with Crippen molar-refractivity contribution in [2.45, 2.75) is 32.7 Å². The standard InChI is InChI=1S/C20H25N5O2/c1-4-9-25(15-12-24(13-15)19(26)6-3)17-10-14(11-22-20(17)27)16-7-8-21-18(5-2)23-16/h6-8,10-11,15H,3-5,9,12-13H2,1-2H3,(H,22,27). The van der Waals surface area contributed by atoms with E-state index in [2.05, 4.69) is 33.4 Å². The Morgan fingerprint density at radius 3 is 2.89 bits per heavy atom. The summed E-state index contributed by atoms with van der Waals surface area (Å²) in [6, 6.07) is 3.85. The Bertz CT molecular complexity index is 886. The Balaban J connectivity index is 1.90. The van der Waals surface area contributed by atoms with Gasteiger partial charge in [-0.15, -0.1) is 0 Å². The number of H-pyrrole nitrogens is 1. The molecule has 3 heterocycles. The zero-order valence-electron chi connectivity index (χ0n) is 15.8. The molecule has 3 rings (SSSR count). The molecule has 142 valence electrons. The molecule has 0 aromatic carbocycles. The summed E-state index contributed by atoms with van der Waals surface area (Å²) in [5.41, 5.74) is 2.11. The van der Waals surface area contributed by atoms with Gasteiger partial charge in [0.1, 0.15) is 11.5 Å². The second kappa shape index (κ2) is 8.16. The second-order valence-corrected chi connectivity index (χ2v) is 6.61. The predicted octanol–water partition coefficient (Wildman–Crippen LogP) is 2.01. The molecular weight excluding hydrogens is 342 g/mol. The number of anilines is 1. The van der Waals surface area contributed by atoms with Crippen LogP contribution in [0.25, 0.3) is 11.3 Å². The zero-order valence-corrected chi connectivity index (χ0v) is 15.8. The molecule has 1 amide bonds. The lowest BCUT2D eigenvalue weighted by Crippen LogP contribution is -2.61. The zero-order chi connectivity index (χ0) is 19.4. The first kappa shape index (κ1) is 18.8. The van der Waals surface area contributed by atoms with Crippen LogP contribution in [0.3, 0.4) is 0 Å². The predicted molar refractivity (Wildman–Crippen MR) is 106 cm³/mol. The number of carbonyl (C=O) groups is 1. The van der Waals surface area contributed by atoms with E-state index in [1.54, 1.807) is 17.3 Å². The Labute approximate surface area is 158 Å². The van der Waals surface area contributed by atoms with E-state index in [9.17, 15) is 9.59 Å². The number of carbonyl (C=O) groups excluding carboxylic acids is 1. The fourth-order valence-electron chi connectivity index (χ4n) is 3.27. The number of rotatable bonds is 7. The highest BCUT2D eigenvalue weighted by atomic mass is 16.2. The van der Waals surface area contributed by atoms with Crippen LogP contribution in [0.4, 0.5) is 5.69 Å². The first-order valence-corrected chi connectivity index (χ1v) is 9.30. The van der Waals surface area contributed by atoms with Gasteiger partial charge < -0.3 is 14.8 Å². The summed E-state index contributed by atoms with van der Waals surface area (Å²) in [6.07, 6.45) is 6.41. The molecule has 1 aliphatic heterocycles. The number of aromatic amines is 1. The number of pyridine rings is 1. The van der Waals surface area contributed by atoms with Crippen LogP contribution in [0.5, 0.6) is 0 Å². The Kier molecular flexibility index (Phi) is 5.69. The highest BCUT2D eigenvalue weighted by molar-refractivity contribution is 5.87. The molecule has 2 aromatic rings. The van der Waals surface area contributed by atoms with Gasteiger partial charge in [0.15, 0.2) is 0 Å². The fraction of sp³-hybridized carbons (Fsp3) is 0.400. The largest absolute Gasteiger partial charge is 0.361 e. The maximum atomic E-state index is 12.5. The highest BCUT2D eigenvalue weighted by Crippen LogP contribution is 2.24. The third-order valence-corrected chi connectivity index (χ3v) is 4.76. The van der Waals surface area contributed by atoms with Crippen LogP contribution < -0.4 is 10.5 Å². The number of hydrogen-bond acceptors (Lipinski definition) is 5. The van der Waals surface area contributed by atoms with Crippen LogP contribution in [0, 0.1) is 0 Å². The second-order valence-electron chi connectivity index (χ2n) is 6.61. The van der Waals surface area contributed by atoms with Gasteiger partial charge in [-0.05, 0) is 24.6 Å². The first-order chi connectivity index (χ1) is 13.1. The maximum Gasteiger partial charge on any atom is 0.271 e. The van der Waals surface area contributed by atoms with Crippen molar-refractivity contribution in [1.29, 1.82) is 0 Å². The van der Waals surface area contributed by atoms with Gasteiger partial charge in [0.2, 0.25) is 5.91 Å². The molecular formula is C20H25N5O2. The molecule has 1 aliphatic rings. The average molecular weight is 367 g/mol. The number of aromatic nitrogens is 3. The molecule has 2 aromatic heterocycles. The van der Waals surface area contributed by atoms with Gasteiger partial charge in [-0.3, -0.25) is 9.59 Å². The normalized spacial score (nSPS) is 13.9. The molecule has 0 saturated carbocycles. The van der Waals surface area contributed by atoms with Crippen LogP contribution in [0.1, 0.15) is 26.1 Å². The number of nitrogens with one attached hydrogen (secondary N) is 1. The van der Waals surface area contributed by atoms with E-state index in [4.69, 9.17) is 0 Å². The quantitative estimate of drug-likeness (QED) is 0.757. The van der Waals surface area contributed by atoms with Gasteiger partial charge in [0, 0.05) is 44.0 Å². The van der Waals surface area contributed by atoms with E-state index >= 15 is 0 Å². The van der Waals surface area contributed by atoms with Crippen molar-refractivity contribution >= 4 is 11.6 Å². The van der Waals surface area contributed by atoms with Crippen molar-refractivity contribution in [3.8, 4) is 11.3 Å². The third kappa shape index (κ3) is 3.92. The molecule has 1 saturated heterocycles. The van der Waals surface area contributed by atoms with E-state index in [1.165, 1.54) is 6.08 Å². The summed E-state index contributed by atoms with van der Waals surface area (Å²) in [7, 11) is 0. The van der Waals surface area contributed by atoms with Crippen molar-refractivity contribution in [3.05, 3.63) is 53.4 Å². The van der Waals surface area contributed by atoms with Crippen molar-refractivity contribution in [1.82, 2.24) is 19.9 Å². The van der Waals surface area contributed by atoms with E-state index in [-0.39, 0.29) is 17.5 Å². The molecule has 0 unspecified atom stereocenters. The van der Waals surface area contributed by atoms with Gasteiger partial charge in [0.25, 0.3) is 5.56 Å². The molecule has 1 fully saturated rings. The Morgan fingerprint density at radius 2 is 2.22 bits per heavy atom. The summed E-state index contributed by atoms with van der Waals surface area (Å²) in [6.45, 7) is 9.56. The molecule has 0 atom stereocenters. The minimum Gasteiger partial charge on any atom is -0.361 e. The number of likely N-dealkylation sites (tertiary alicyclic amines) is 1. The minimum atomic E-state index is -0.134. The van der Waals surface area contributed by atoms with E-state index in [1.807, 2.05) is 19.1 Å². The van der Waals surface area contributed by atoms with Crippen molar-refractivity contribution in [3.63, 3.8) is 0 Å². The van der Waals surface area contributed by atoms with Crippen LogP contribution >= 0.6 is 0 Å². The highest BCUT2D eigenvalue weighted by Gasteiger charge is 2.34. The topological polar surface area (TPSA) is 82.2 Å². The maximum absolute atomic E-state index is 12.5. The van der Waals surface area contributed by atoms with Crippen LogP contribution in [-0.2, 0) is 11.2 Å². The van der Waals surface area contributed by atoms with Crippen LogP contribution in [0.15, 0.2) is 42.0 Å². The van der Waals surface area contributed by atoms with Crippen LogP contribution in [-0.4, -0.2) is 51.4 Å². The number of nitrogens with zero attached hydrogens (tertiary/aromatic N) is 4.